The minimum absolute atomic E-state index is 0.898. The van der Waals surface area contributed by atoms with E-state index in [1.165, 1.54) is 32.3 Å². The minimum Gasteiger partial charge on any atom is -0.456 e. The van der Waals surface area contributed by atoms with Crippen molar-refractivity contribution in [2.45, 2.75) is 0 Å². The highest BCUT2D eigenvalue weighted by Crippen LogP contribution is 2.42. The van der Waals surface area contributed by atoms with Crippen LogP contribution in [0.5, 0.6) is 0 Å². The molecule has 0 aliphatic heterocycles. The molecule has 0 fully saturated rings. The largest absolute Gasteiger partial charge is 0.456 e. The van der Waals surface area contributed by atoms with Crippen molar-refractivity contribution >= 4 is 54.3 Å². The van der Waals surface area contributed by atoms with Gasteiger partial charge in [0.2, 0.25) is 0 Å². The van der Waals surface area contributed by atoms with Crippen LogP contribution in [0.15, 0.2) is 143 Å². The van der Waals surface area contributed by atoms with Gasteiger partial charge in [-0.15, -0.1) is 0 Å². The fraction of sp³-hybridized carbons (Fsp3) is 0. The van der Waals surface area contributed by atoms with E-state index in [4.69, 9.17) is 8.83 Å². The summed E-state index contributed by atoms with van der Waals surface area (Å²) in [7, 11) is 0. The van der Waals surface area contributed by atoms with E-state index in [0.29, 0.717) is 0 Å². The topological polar surface area (TPSA) is 26.3 Å². The molecular weight excluding hydrogens is 464 g/mol. The van der Waals surface area contributed by atoms with Crippen LogP contribution in [0.3, 0.4) is 0 Å². The lowest BCUT2D eigenvalue weighted by molar-refractivity contribution is 0.631. The summed E-state index contributed by atoms with van der Waals surface area (Å²) in [6.45, 7) is 6.72. The summed E-state index contributed by atoms with van der Waals surface area (Å²) in [5.74, 6) is 1.80. The zero-order valence-corrected chi connectivity index (χ0v) is 20.8. The van der Waals surface area contributed by atoms with Crippen LogP contribution in [0.4, 0.5) is 0 Å². The summed E-state index contributed by atoms with van der Waals surface area (Å²) >= 11 is 0. The molecule has 0 radical (unpaired) electrons. The van der Waals surface area contributed by atoms with Crippen LogP contribution in [0.1, 0.15) is 0 Å². The van der Waals surface area contributed by atoms with Crippen molar-refractivity contribution in [2.75, 3.05) is 0 Å². The van der Waals surface area contributed by atoms with Gasteiger partial charge in [0.1, 0.15) is 22.7 Å². The summed E-state index contributed by atoms with van der Waals surface area (Å²) in [4.78, 5) is 0. The van der Waals surface area contributed by atoms with Gasteiger partial charge in [0, 0.05) is 21.9 Å². The third-order valence-corrected chi connectivity index (χ3v) is 7.17. The molecule has 2 nitrogen and oxygen atoms in total. The molecule has 2 heteroatoms. The van der Waals surface area contributed by atoms with E-state index < -0.39 is 0 Å². The van der Waals surface area contributed by atoms with Gasteiger partial charge in [0.25, 0.3) is 0 Å². The van der Waals surface area contributed by atoms with E-state index in [1.807, 2.05) is 36.4 Å². The van der Waals surface area contributed by atoms with Gasteiger partial charge in [-0.1, -0.05) is 92.0 Å². The Bertz CT molecular complexity index is 2030. The molecule has 0 spiro atoms. The standard InChI is InChI=1S/C32H18O2.C4H6/c1-3-7-27-20(5-1)17-29(33-27)24-15-22-10-9-19-11-13-25(26-14-12-23(16-24)31(22)32(19)26)30-18-21-6-2-4-8-28(21)34-30;1-3-4-2/h1-18H;3-4H,1-2H2. The Labute approximate surface area is 220 Å². The van der Waals surface area contributed by atoms with Crippen LogP contribution in [0.25, 0.3) is 76.9 Å². The fourth-order valence-electron chi connectivity index (χ4n) is 5.42. The molecule has 180 valence electrons. The van der Waals surface area contributed by atoms with E-state index >= 15 is 0 Å². The molecule has 0 bridgehead atoms. The van der Waals surface area contributed by atoms with Crippen LogP contribution < -0.4 is 0 Å². The van der Waals surface area contributed by atoms with Crippen LogP contribution in [-0.4, -0.2) is 0 Å². The van der Waals surface area contributed by atoms with Crippen molar-refractivity contribution < 1.29 is 8.83 Å². The van der Waals surface area contributed by atoms with Gasteiger partial charge in [0.05, 0.1) is 0 Å². The third-order valence-electron chi connectivity index (χ3n) is 7.17. The second kappa shape index (κ2) is 8.79. The van der Waals surface area contributed by atoms with Crippen LogP contribution >= 0.6 is 0 Å². The van der Waals surface area contributed by atoms with Gasteiger partial charge >= 0.3 is 0 Å². The molecule has 0 unspecified atom stereocenters. The molecule has 0 aliphatic carbocycles. The van der Waals surface area contributed by atoms with E-state index in [-0.39, 0.29) is 0 Å². The zero-order valence-electron chi connectivity index (χ0n) is 20.8. The normalized spacial score (nSPS) is 11.4. The highest BCUT2D eigenvalue weighted by molar-refractivity contribution is 6.26. The number of rotatable bonds is 3. The van der Waals surface area contributed by atoms with Gasteiger partial charge in [0.15, 0.2) is 0 Å². The predicted molar refractivity (Wildman–Crippen MR) is 161 cm³/mol. The Morgan fingerprint density at radius 3 is 1.68 bits per heavy atom. The monoisotopic (exact) mass is 488 g/mol. The van der Waals surface area contributed by atoms with Crippen molar-refractivity contribution in [2.24, 2.45) is 0 Å². The number of hydrogen-bond donors (Lipinski definition) is 0. The molecular formula is C36H24O2. The van der Waals surface area contributed by atoms with Gasteiger partial charge in [-0.05, 0) is 74.8 Å². The minimum atomic E-state index is 0.898. The predicted octanol–water partition coefficient (Wildman–Crippen LogP) is 10.8. The van der Waals surface area contributed by atoms with Gasteiger partial charge in [-0.3, -0.25) is 0 Å². The molecule has 2 aromatic heterocycles. The Balaban J connectivity index is 0.000000569. The lowest BCUT2D eigenvalue weighted by Crippen LogP contribution is -1.87. The molecule has 0 amide bonds. The first kappa shape index (κ1) is 22.1. The molecule has 0 saturated heterocycles. The van der Waals surface area contributed by atoms with E-state index in [1.54, 1.807) is 12.2 Å². The second-order valence-corrected chi connectivity index (χ2v) is 9.46. The molecule has 0 N–H and O–H groups in total. The van der Waals surface area contributed by atoms with Crippen molar-refractivity contribution in [3.63, 3.8) is 0 Å². The van der Waals surface area contributed by atoms with Crippen LogP contribution in [0, 0.1) is 0 Å². The van der Waals surface area contributed by atoms with E-state index in [0.717, 1.165) is 44.6 Å². The maximum atomic E-state index is 6.24. The maximum Gasteiger partial charge on any atom is 0.136 e. The third kappa shape index (κ3) is 3.50. The highest BCUT2D eigenvalue weighted by atomic mass is 16.3. The average Bonchev–Trinajstić information content (AvgIpc) is 3.60. The average molecular weight is 489 g/mol. The summed E-state index contributed by atoms with van der Waals surface area (Å²) in [6, 6.07) is 38.4. The van der Waals surface area contributed by atoms with E-state index in [2.05, 4.69) is 86.0 Å². The molecule has 2 heterocycles. The highest BCUT2D eigenvalue weighted by Gasteiger charge is 2.16. The molecule has 0 saturated carbocycles. The summed E-state index contributed by atoms with van der Waals surface area (Å²) in [5, 5.41) is 9.70. The van der Waals surface area contributed by atoms with Crippen molar-refractivity contribution in [3.05, 3.63) is 135 Å². The lowest BCUT2D eigenvalue weighted by atomic mass is 9.90. The SMILES string of the molecule is C=CC=C.c1ccc2oc(-c3cc4ccc5ccc(-c6cc7ccccc7o6)c6ccc(c3)c4c56)cc2c1. The molecule has 0 atom stereocenters. The number of para-hydroxylation sites is 2. The van der Waals surface area contributed by atoms with Crippen LogP contribution in [-0.2, 0) is 0 Å². The van der Waals surface area contributed by atoms with Gasteiger partial charge in [-0.2, -0.15) is 0 Å². The molecule has 8 rings (SSSR count). The van der Waals surface area contributed by atoms with E-state index in [9.17, 15) is 0 Å². The second-order valence-electron chi connectivity index (χ2n) is 9.46. The Hall–Kier alpha value is -5.08. The van der Waals surface area contributed by atoms with Crippen molar-refractivity contribution in [1.29, 1.82) is 0 Å². The Morgan fingerprint density at radius 1 is 0.474 bits per heavy atom. The summed E-state index contributed by atoms with van der Waals surface area (Å²) in [5.41, 5.74) is 4.05. The quantitative estimate of drug-likeness (QED) is 0.183. The molecule has 8 aromatic rings. The number of allylic oxidation sites excluding steroid dienone is 2. The van der Waals surface area contributed by atoms with Crippen molar-refractivity contribution in [1.82, 2.24) is 0 Å². The summed E-state index contributed by atoms with van der Waals surface area (Å²) in [6.07, 6.45) is 3.28. The first-order valence-corrected chi connectivity index (χ1v) is 12.7. The van der Waals surface area contributed by atoms with Gasteiger partial charge in [-0.25, -0.2) is 0 Å². The fourth-order valence-corrected chi connectivity index (χ4v) is 5.42. The number of hydrogen-bond acceptors (Lipinski definition) is 2. The first-order valence-electron chi connectivity index (χ1n) is 12.7. The molecule has 0 aliphatic rings. The Morgan fingerprint density at radius 2 is 1.03 bits per heavy atom. The molecule has 6 aromatic carbocycles. The Kier molecular flexibility index (Phi) is 5.12. The number of fused-ring (bicyclic) bond motifs is 2. The smallest absolute Gasteiger partial charge is 0.136 e. The molecule has 38 heavy (non-hydrogen) atoms. The van der Waals surface area contributed by atoms with Gasteiger partial charge < -0.3 is 8.83 Å². The lowest BCUT2D eigenvalue weighted by Gasteiger charge is -2.14. The zero-order chi connectivity index (χ0) is 25.6. The number of benzene rings is 6. The van der Waals surface area contributed by atoms with Crippen LogP contribution in [0.2, 0.25) is 0 Å². The maximum absolute atomic E-state index is 6.24. The van der Waals surface area contributed by atoms with Crippen molar-refractivity contribution in [3.8, 4) is 22.6 Å². The number of furan rings is 2. The first-order chi connectivity index (χ1) is 18.7. The summed E-state index contributed by atoms with van der Waals surface area (Å²) < 4.78 is 12.4.